The smallest absolute Gasteiger partial charge is 0.165 e. The van der Waals surface area contributed by atoms with Crippen LogP contribution < -0.4 is 5.73 Å². The molecule has 0 saturated carbocycles. The van der Waals surface area contributed by atoms with Crippen molar-refractivity contribution in [3.63, 3.8) is 0 Å². The molecule has 0 amide bonds. The third-order valence-corrected chi connectivity index (χ3v) is 2.77. The number of hydrogen-bond acceptors (Lipinski definition) is 2. The Hall–Kier alpha value is -0.280. The van der Waals surface area contributed by atoms with Crippen molar-refractivity contribution in [2.24, 2.45) is 5.73 Å². The lowest BCUT2D eigenvalue weighted by Gasteiger charge is -2.06. The summed E-state index contributed by atoms with van der Waals surface area (Å²) in [6, 6.07) is 4.74. The molecule has 2 nitrogen and oxygen atoms in total. The molecule has 0 aromatic heterocycles. The lowest BCUT2D eigenvalue weighted by atomic mass is 10.1. The number of benzene rings is 1. The lowest BCUT2D eigenvalue weighted by Crippen LogP contribution is -2.18. The summed E-state index contributed by atoms with van der Waals surface area (Å²) in [7, 11) is 0. The molecule has 0 bridgehead atoms. The van der Waals surface area contributed by atoms with Crippen LogP contribution in [-0.4, -0.2) is 17.7 Å². The fraction of sp³-hybridized carbons (Fsp3) is 0.300. The summed E-state index contributed by atoms with van der Waals surface area (Å²) in [6.45, 7) is 0.262. The number of Topliss-reactive ketones (excluding diaryl/α,β-unsaturated/α-hetero) is 1. The van der Waals surface area contributed by atoms with Crippen molar-refractivity contribution in [3.05, 3.63) is 33.8 Å². The average Bonchev–Trinajstić information content (AvgIpc) is 2.17. The highest BCUT2D eigenvalue weighted by atomic mass is 35.5. The zero-order chi connectivity index (χ0) is 11.4. The molecule has 2 N–H and O–H groups in total. The van der Waals surface area contributed by atoms with Crippen LogP contribution in [0, 0.1) is 0 Å². The molecule has 0 saturated heterocycles. The molecular weight excluding hydrogens is 256 g/mol. The molecule has 0 fully saturated rings. The summed E-state index contributed by atoms with van der Waals surface area (Å²) in [5.41, 5.74) is 5.75. The fourth-order valence-corrected chi connectivity index (χ4v) is 1.76. The molecule has 15 heavy (non-hydrogen) atoms. The van der Waals surface area contributed by atoms with Crippen LogP contribution in [0.3, 0.4) is 0 Å². The van der Waals surface area contributed by atoms with E-state index >= 15 is 0 Å². The standard InChI is InChI=1S/C10H10Cl3NO/c11-6-1-2-8(9(13)3-6)10(15)4-7(12)5-14/h1-3,7H,4-5,14H2. The molecule has 82 valence electrons. The number of nitrogens with two attached hydrogens (primary N) is 1. The van der Waals surface area contributed by atoms with E-state index in [9.17, 15) is 4.79 Å². The average molecular weight is 267 g/mol. The molecule has 5 heteroatoms. The fourth-order valence-electron chi connectivity index (χ4n) is 1.11. The van der Waals surface area contributed by atoms with Crippen LogP contribution in [0.5, 0.6) is 0 Å². The largest absolute Gasteiger partial charge is 0.329 e. The lowest BCUT2D eigenvalue weighted by molar-refractivity contribution is 0.0982. The van der Waals surface area contributed by atoms with E-state index in [1.165, 1.54) is 6.07 Å². The maximum absolute atomic E-state index is 11.7. The SMILES string of the molecule is NCC(Cl)CC(=O)c1ccc(Cl)cc1Cl. The van der Waals surface area contributed by atoms with Gasteiger partial charge in [0.15, 0.2) is 5.78 Å². The molecule has 1 atom stereocenters. The summed E-state index contributed by atoms with van der Waals surface area (Å²) in [5, 5.41) is 0.482. The molecule has 0 radical (unpaired) electrons. The minimum atomic E-state index is -0.357. The first-order valence-corrected chi connectivity index (χ1v) is 5.56. The van der Waals surface area contributed by atoms with Crippen LogP contribution >= 0.6 is 34.8 Å². The molecule has 0 aliphatic rings. The molecule has 0 spiro atoms. The number of carbonyl (C=O) groups is 1. The maximum Gasteiger partial charge on any atom is 0.165 e. The zero-order valence-corrected chi connectivity index (χ0v) is 10.1. The molecule has 1 aromatic rings. The minimum Gasteiger partial charge on any atom is -0.329 e. The topological polar surface area (TPSA) is 43.1 Å². The normalized spacial score (nSPS) is 12.5. The summed E-state index contributed by atoms with van der Waals surface area (Å²) in [4.78, 5) is 11.7. The second-order valence-electron chi connectivity index (χ2n) is 3.08. The van der Waals surface area contributed by atoms with Gasteiger partial charge in [-0.15, -0.1) is 11.6 Å². The number of alkyl halides is 1. The van der Waals surface area contributed by atoms with E-state index in [-0.39, 0.29) is 24.1 Å². The Kier molecular flexibility index (Phi) is 4.87. The van der Waals surface area contributed by atoms with Crippen LogP contribution in [0.15, 0.2) is 18.2 Å². The van der Waals surface area contributed by atoms with E-state index in [0.717, 1.165) is 0 Å². The summed E-state index contributed by atoms with van der Waals surface area (Å²) >= 11 is 17.4. The molecule has 1 rings (SSSR count). The third-order valence-electron chi connectivity index (χ3n) is 1.89. The highest BCUT2D eigenvalue weighted by Gasteiger charge is 2.14. The Bertz CT molecular complexity index is 368. The monoisotopic (exact) mass is 265 g/mol. The highest BCUT2D eigenvalue weighted by molar-refractivity contribution is 6.37. The van der Waals surface area contributed by atoms with Gasteiger partial charge in [-0.3, -0.25) is 4.79 Å². The van der Waals surface area contributed by atoms with Gasteiger partial charge in [-0.1, -0.05) is 23.2 Å². The van der Waals surface area contributed by atoms with E-state index in [4.69, 9.17) is 40.5 Å². The molecule has 0 aliphatic carbocycles. The number of ketones is 1. The summed E-state index contributed by atoms with van der Waals surface area (Å²) in [6.07, 6.45) is 0.180. The van der Waals surface area contributed by atoms with Gasteiger partial charge in [-0.05, 0) is 18.2 Å². The molecule has 0 aliphatic heterocycles. The van der Waals surface area contributed by atoms with Crippen LogP contribution in [0.4, 0.5) is 0 Å². The first kappa shape index (κ1) is 12.8. The predicted molar refractivity (Wildman–Crippen MR) is 64.1 cm³/mol. The van der Waals surface area contributed by atoms with E-state index in [2.05, 4.69) is 0 Å². The molecule has 1 unspecified atom stereocenters. The molecule has 0 heterocycles. The van der Waals surface area contributed by atoms with Crippen LogP contribution in [0.25, 0.3) is 0 Å². The van der Waals surface area contributed by atoms with Gasteiger partial charge in [0.05, 0.1) is 10.4 Å². The molecular formula is C10H10Cl3NO. The van der Waals surface area contributed by atoms with E-state index in [0.29, 0.717) is 15.6 Å². The van der Waals surface area contributed by atoms with Crippen LogP contribution in [-0.2, 0) is 0 Å². The summed E-state index contributed by atoms with van der Waals surface area (Å²) in [5.74, 6) is -0.123. The first-order valence-electron chi connectivity index (χ1n) is 4.37. The zero-order valence-electron chi connectivity index (χ0n) is 7.84. The Morgan fingerprint density at radius 3 is 2.60 bits per heavy atom. The Morgan fingerprint density at radius 2 is 2.07 bits per heavy atom. The maximum atomic E-state index is 11.7. The quantitative estimate of drug-likeness (QED) is 0.672. The number of rotatable bonds is 4. The Labute approximate surface area is 103 Å². The van der Waals surface area contributed by atoms with E-state index in [1.54, 1.807) is 12.1 Å². The summed E-state index contributed by atoms with van der Waals surface area (Å²) < 4.78 is 0. The Balaban J connectivity index is 2.82. The van der Waals surface area contributed by atoms with Crippen molar-refractivity contribution >= 4 is 40.6 Å². The minimum absolute atomic E-state index is 0.123. The Morgan fingerprint density at radius 1 is 1.40 bits per heavy atom. The van der Waals surface area contributed by atoms with Gasteiger partial charge >= 0.3 is 0 Å². The number of hydrogen-bond donors (Lipinski definition) is 1. The van der Waals surface area contributed by atoms with Crippen molar-refractivity contribution < 1.29 is 4.79 Å². The highest BCUT2D eigenvalue weighted by Crippen LogP contribution is 2.22. The van der Waals surface area contributed by atoms with Crippen LogP contribution in [0.1, 0.15) is 16.8 Å². The third kappa shape index (κ3) is 3.65. The van der Waals surface area contributed by atoms with Gasteiger partial charge in [-0.2, -0.15) is 0 Å². The van der Waals surface area contributed by atoms with Gasteiger partial charge in [0.25, 0.3) is 0 Å². The first-order chi connectivity index (χ1) is 7.04. The van der Waals surface area contributed by atoms with E-state index < -0.39 is 0 Å². The van der Waals surface area contributed by atoms with E-state index in [1.807, 2.05) is 0 Å². The van der Waals surface area contributed by atoms with Gasteiger partial charge in [0.2, 0.25) is 0 Å². The number of carbonyl (C=O) groups excluding carboxylic acids is 1. The second-order valence-corrected chi connectivity index (χ2v) is 4.55. The predicted octanol–water partition coefficient (Wildman–Crippen LogP) is 3.13. The van der Waals surface area contributed by atoms with Crippen molar-refractivity contribution in [3.8, 4) is 0 Å². The van der Waals surface area contributed by atoms with Crippen molar-refractivity contribution in [1.29, 1.82) is 0 Å². The van der Waals surface area contributed by atoms with Crippen molar-refractivity contribution in [1.82, 2.24) is 0 Å². The second kappa shape index (κ2) is 5.71. The van der Waals surface area contributed by atoms with Gasteiger partial charge in [-0.25, -0.2) is 0 Å². The number of halogens is 3. The van der Waals surface area contributed by atoms with Crippen molar-refractivity contribution in [2.75, 3.05) is 6.54 Å². The molecule has 1 aromatic carbocycles. The van der Waals surface area contributed by atoms with Crippen molar-refractivity contribution in [2.45, 2.75) is 11.8 Å². The van der Waals surface area contributed by atoms with Gasteiger partial charge in [0, 0.05) is 23.6 Å². The van der Waals surface area contributed by atoms with Crippen LogP contribution in [0.2, 0.25) is 10.0 Å². The van der Waals surface area contributed by atoms with Gasteiger partial charge in [0.1, 0.15) is 0 Å². The van der Waals surface area contributed by atoms with Gasteiger partial charge < -0.3 is 5.73 Å².